The Bertz CT molecular complexity index is 1120. The van der Waals surface area contributed by atoms with E-state index >= 15 is 0 Å². The number of hydrogen-bond donors (Lipinski definition) is 2. The number of para-hydroxylation sites is 1. The highest BCUT2D eigenvalue weighted by molar-refractivity contribution is 9.10. The van der Waals surface area contributed by atoms with Crippen LogP contribution in [0.1, 0.15) is 0 Å². The van der Waals surface area contributed by atoms with E-state index < -0.39 is 0 Å². The molecule has 29 heavy (non-hydrogen) atoms. The highest BCUT2D eigenvalue weighted by Gasteiger charge is 2.24. The summed E-state index contributed by atoms with van der Waals surface area (Å²) in [6, 6.07) is 14.9. The van der Waals surface area contributed by atoms with Crippen LogP contribution in [0.2, 0.25) is 0 Å². The molecule has 0 aliphatic carbocycles. The Kier molecular flexibility index (Phi) is 5.30. The molecule has 5 nitrogen and oxygen atoms in total. The monoisotopic (exact) mass is 471 g/mol. The van der Waals surface area contributed by atoms with E-state index in [1.807, 2.05) is 11.6 Å². The number of anilines is 1. The average molecular weight is 472 g/mol. The number of aliphatic hydroxyl groups is 1. The normalized spacial score (nSPS) is 16.7. The van der Waals surface area contributed by atoms with Crippen LogP contribution in [0.25, 0.3) is 21.8 Å². The second kappa shape index (κ2) is 8.07. The Labute approximate surface area is 182 Å². The highest BCUT2D eigenvalue weighted by atomic mass is 79.9. The summed E-state index contributed by atoms with van der Waals surface area (Å²) in [5.41, 5.74) is 2.36. The predicted octanol–water partition coefficient (Wildman–Crippen LogP) is 2.78. The lowest BCUT2D eigenvalue weighted by Gasteiger charge is -2.33. The fourth-order valence-electron chi connectivity index (χ4n) is 4.42. The van der Waals surface area contributed by atoms with Crippen molar-refractivity contribution in [3.8, 4) is 0 Å². The zero-order valence-corrected chi connectivity index (χ0v) is 18.5. The van der Waals surface area contributed by atoms with Gasteiger partial charge in [-0.1, -0.05) is 34.1 Å². The van der Waals surface area contributed by atoms with Gasteiger partial charge in [-0.2, -0.15) is 0 Å². The average Bonchev–Trinajstić information content (AvgIpc) is 3.36. The zero-order valence-electron chi connectivity index (χ0n) is 16.1. The van der Waals surface area contributed by atoms with Crippen molar-refractivity contribution in [3.05, 3.63) is 58.5 Å². The number of halogens is 1. The number of aromatic nitrogens is 2. The van der Waals surface area contributed by atoms with Gasteiger partial charge >= 0.3 is 0 Å². The number of quaternary nitrogens is 1. The third-order valence-electron chi connectivity index (χ3n) is 5.81. The van der Waals surface area contributed by atoms with Crippen molar-refractivity contribution in [3.63, 3.8) is 0 Å². The molecule has 1 aliphatic rings. The number of aliphatic hydroxyl groups excluding tert-OH is 1. The molecule has 0 amide bonds. The molecule has 0 radical (unpaired) electrons. The van der Waals surface area contributed by atoms with Crippen LogP contribution >= 0.6 is 27.3 Å². The lowest BCUT2D eigenvalue weighted by molar-refractivity contribution is -0.903. The van der Waals surface area contributed by atoms with Crippen LogP contribution in [0.5, 0.6) is 0 Å². The number of thiazole rings is 1. The number of hydrogen-bond acceptors (Lipinski definition) is 4. The molecule has 3 heterocycles. The molecule has 1 fully saturated rings. The molecular weight excluding hydrogens is 448 g/mol. The summed E-state index contributed by atoms with van der Waals surface area (Å²) in [6.07, 6.45) is 1.49. The number of nitrogens with zero attached hydrogens (tertiary/aromatic N) is 3. The first kappa shape index (κ1) is 19.1. The molecule has 4 aromatic rings. The molecule has 5 rings (SSSR count). The molecule has 2 N–H and O–H groups in total. The summed E-state index contributed by atoms with van der Waals surface area (Å²) >= 11 is 5.29. The maximum Gasteiger partial charge on any atom is 0.185 e. The molecule has 0 saturated carbocycles. The molecule has 0 unspecified atom stereocenters. The van der Waals surface area contributed by atoms with Crippen LogP contribution in [0.15, 0.2) is 58.5 Å². The summed E-state index contributed by atoms with van der Waals surface area (Å²) < 4.78 is 3.35. The van der Waals surface area contributed by atoms with Crippen LogP contribution in [-0.4, -0.2) is 53.5 Å². The van der Waals surface area contributed by atoms with E-state index in [9.17, 15) is 5.11 Å². The molecule has 7 heteroatoms. The fourth-order valence-corrected chi connectivity index (χ4v) is 5.48. The van der Waals surface area contributed by atoms with Gasteiger partial charge in [0.15, 0.2) is 5.13 Å². The van der Waals surface area contributed by atoms with Gasteiger partial charge in [0, 0.05) is 37.9 Å². The van der Waals surface area contributed by atoms with Gasteiger partial charge in [0.2, 0.25) is 0 Å². The van der Waals surface area contributed by atoms with Crippen LogP contribution in [-0.2, 0) is 6.54 Å². The van der Waals surface area contributed by atoms with Gasteiger partial charge in [-0.15, -0.1) is 11.3 Å². The van der Waals surface area contributed by atoms with E-state index in [0.717, 1.165) is 42.3 Å². The predicted molar refractivity (Wildman–Crippen MR) is 123 cm³/mol. The molecule has 1 aliphatic heterocycles. The number of piperazine rings is 1. The number of rotatable bonds is 5. The molecule has 2 aromatic heterocycles. The van der Waals surface area contributed by atoms with Gasteiger partial charge < -0.3 is 19.5 Å². The van der Waals surface area contributed by atoms with Crippen LogP contribution in [0, 0.1) is 0 Å². The first-order valence-corrected chi connectivity index (χ1v) is 11.7. The topological polar surface area (TPSA) is 45.7 Å². The van der Waals surface area contributed by atoms with E-state index in [1.165, 1.54) is 26.7 Å². The lowest BCUT2D eigenvalue weighted by Crippen LogP contribution is -3.15. The molecule has 1 atom stereocenters. The molecule has 2 aromatic carbocycles. The van der Waals surface area contributed by atoms with Crippen LogP contribution in [0.3, 0.4) is 0 Å². The van der Waals surface area contributed by atoms with Gasteiger partial charge in [-0.25, -0.2) is 4.98 Å². The molecule has 0 bridgehead atoms. The Morgan fingerprint density at radius 1 is 1.10 bits per heavy atom. The maximum atomic E-state index is 10.9. The van der Waals surface area contributed by atoms with Crippen LogP contribution < -0.4 is 9.80 Å². The van der Waals surface area contributed by atoms with E-state index in [1.54, 1.807) is 11.3 Å². The van der Waals surface area contributed by atoms with Gasteiger partial charge in [0.1, 0.15) is 12.6 Å². The van der Waals surface area contributed by atoms with E-state index in [4.69, 9.17) is 0 Å². The van der Waals surface area contributed by atoms with Crippen molar-refractivity contribution in [1.29, 1.82) is 0 Å². The third kappa shape index (κ3) is 3.80. The van der Waals surface area contributed by atoms with Crippen molar-refractivity contribution in [2.45, 2.75) is 12.6 Å². The molecule has 0 spiro atoms. The van der Waals surface area contributed by atoms with Gasteiger partial charge in [-0.05, 0) is 24.3 Å². The van der Waals surface area contributed by atoms with E-state index in [2.05, 4.69) is 72.8 Å². The number of nitrogens with one attached hydrogen (secondary N) is 1. The Balaban J connectivity index is 1.31. The SMILES string of the molecule is O[C@@H](Cn1c2ccccc2c2cc(Br)ccc21)C[NH+]1CCN(c2nccs2)CC1. The quantitative estimate of drug-likeness (QED) is 0.470. The van der Waals surface area contributed by atoms with Crippen molar-refractivity contribution in [2.75, 3.05) is 37.6 Å². The van der Waals surface area contributed by atoms with Crippen molar-refractivity contribution >= 4 is 54.2 Å². The van der Waals surface area contributed by atoms with Crippen molar-refractivity contribution in [1.82, 2.24) is 9.55 Å². The summed E-state index contributed by atoms with van der Waals surface area (Å²) in [4.78, 5) is 8.24. The second-order valence-electron chi connectivity index (χ2n) is 7.70. The van der Waals surface area contributed by atoms with E-state index in [0.29, 0.717) is 6.54 Å². The Morgan fingerprint density at radius 2 is 1.90 bits per heavy atom. The summed E-state index contributed by atoms with van der Waals surface area (Å²) in [5.74, 6) is 0. The zero-order chi connectivity index (χ0) is 19.8. The Morgan fingerprint density at radius 3 is 2.69 bits per heavy atom. The highest BCUT2D eigenvalue weighted by Crippen LogP contribution is 2.31. The first-order valence-electron chi connectivity index (χ1n) is 10.0. The van der Waals surface area contributed by atoms with Crippen molar-refractivity contribution < 1.29 is 10.0 Å². The first-order chi connectivity index (χ1) is 14.2. The standard InChI is InChI=1S/C22H23BrN4OS/c23-16-5-6-21-19(13-16)18-3-1-2-4-20(18)27(21)15-17(28)14-25-8-10-26(11-9-25)22-24-7-12-29-22/h1-7,12-13,17,28H,8-11,14-15H2/p+1/t17-/m1/s1. The minimum absolute atomic E-state index is 0.376. The summed E-state index contributed by atoms with van der Waals surface area (Å²) in [7, 11) is 0. The second-order valence-corrected chi connectivity index (χ2v) is 9.49. The molecule has 150 valence electrons. The van der Waals surface area contributed by atoms with Gasteiger partial charge in [0.05, 0.1) is 32.7 Å². The third-order valence-corrected chi connectivity index (χ3v) is 7.14. The summed E-state index contributed by atoms with van der Waals surface area (Å²) in [6.45, 7) is 5.47. The fraction of sp³-hybridized carbons (Fsp3) is 0.318. The minimum Gasteiger partial charge on any atom is -0.385 e. The summed E-state index contributed by atoms with van der Waals surface area (Å²) in [5, 5.41) is 16.5. The van der Waals surface area contributed by atoms with Crippen molar-refractivity contribution in [2.24, 2.45) is 0 Å². The smallest absolute Gasteiger partial charge is 0.185 e. The number of fused-ring (bicyclic) bond motifs is 3. The number of benzene rings is 2. The van der Waals surface area contributed by atoms with Gasteiger partial charge in [0.25, 0.3) is 0 Å². The maximum absolute atomic E-state index is 10.9. The lowest BCUT2D eigenvalue weighted by atomic mass is 10.2. The molecular formula is C22H24BrN4OS+. The largest absolute Gasteiger partial charge is 0.385 e. The minimum atomic E-state index is -0.376. The molecule has 1 saturated heterocycles. The van der Waals surface area contributed by atoms with E-state index in [-0.39, 0.29) is 6.10 Å². The van der Waals surface area contributed by atoms with Crippen LogP contribution in [0.4, 0.5) is 5.13 Å². The van der Waals surface area contributed by atoms with Gasteiger partial charge in [-0.3, -0.25) is 0 Å². The Hall–Kier alpha value is -1.93.